The Kier molecular flexibility index (Phi) is 4.76. The molecule has 2 aromatic rings. The van der Waals surface area contributed by atoms with E-state index in [1.165, 1.54) is 12.8 Å². The summed E-state index contributed by atoms with van der Waals surface area (Å²) >= 11 is 0. The molecule has 1 N–H and O–H groups in total. The highest BCUT2D eigenvalue weighted by molar-refractivity contribution is 5.94. The number of pyridine rings is 1. The molecule has 0 atom stereocenters. The van der Waals surface area contributed by atoms with E-state index < -0.39 is 0 Å². The monoisotopic (exact) mass is 311 g/mol. The highest BCUT2D eigenvalue weighted by Crippen LogP contribution is 2.18. The molecule has 0 saturated carbocycles. The summed E-state index contributed by atoms with van der Waals surface area (Å²) in [6, 6.07) is 11.1. The van der Waals surface area contributed by atoms with Gasteiger partial charge >= 0.3 is 0 Å². The molecule has 1 fully saturated rings. The maximum Gasteiger partial charge on any atom is 0.251 e. The topological polar surface area (TPSA) is 54.5 Å². The van der Waals surface area contributed by atoms with Crippen molar-refractivity contribution < 1.29 is 9.53 Å². The van der Waals surface area contributed by atoms with E-state index in [2.05, 4.69) is 21.3 Å². The average Bonchev–Trinajstić information content (AvgIpc) is 3.15. The zero-order valence-corrected chi connectivity index (χ0v) is 13.3. The van der Waals surface area contributed by atoms with Crippen LogP contribution in [0.5, 0.6) is 5.75 Å². The molecular formula is C18H21N3O2. The van der Waals surface area contributed by atoms with E-state index in [4.69, 9.17) is 4.74 Å². The SMILES string of the molecule is COc1ccc(C(=O)NCc2ccnc(N3CCCC3)c2)cc1. The fourth-order valence-corrected chi connectivity index (χ4v) is 2.72. The number of anilines is 1. The molecule has 0 bridgehead atoms. The largest absolute Gasteiger partial charge is 0.497 e. The number of hydrogen-bond acceptors (Lipinski definition) is 4. The first-order valence-corrected chi connectivity index (χ1v) is 7.88. The summed E-state index contributed by atoms with van der Waals surface area (Å²) in [5.74, 6) is 1.65. The van der Waals surface area contributed by atoms with Crippen LogP contribution in [0.4, 0.5) is 5.82 Å². The van der Waals surface area contributed by atoms with Crippen molar-refractivity contribution in [1.29, 1.82) is 0 Å². The molecule has 1 aliphatic rings. The van der Waals surface area contributed by atoms with Gasteiger partial charge in [-0.3, -0.25) is 4.79 Å². The van der Waals surface area contributed by atoms with E-state index in [0.717, 1.165) is 30.2 Å². The van der Waals surface area contributed by atoms with Crippen LogP contribution in [0.3, 0.4) is 0 Å². The number of hydrogen-bond donors (Lipinski definition) is 1. The van der Waals surface area contributed by atoms with Gasteiger partial charge in [0.05, 0.1) is 7.11 Å². The highest BCUT2D eigenvalue weighted by atomic mass is 16.5. The van der Waals surface area contributed by atoms with Crippen LogP contribution in [0.2, 0.25) is 0 Å². The predicted molar refractivity (Wildman–Crippen MR) is 89.8 cm³/mol. The molecule has 2 heterocycles. The van der Waals surface area contributed by atoms with Crippen molar-refractivity contribution in [3.63, 3.8) is 0 Å². The van der Waals surface area contributed by atoms with Gasteiger partial charge in [0.25, 0.3) is 5.91 Å². The average molecular weight is 311 g/mol. The number of rotatable bonds is 5. The predicted octanol–water partition coefficient (Wildman–Crippen LogP) is 2.62. The van der Waals surface area contributed by atoms with Gasteiger partial charge in [0, 0.05) is 31.4 Å². The maximum absolute atomic E-state index is 12.2. The van der Waals surface area contributed by atoms with E-state index in [9.17, 15) is 4.79 Å². The van der Waals surface area contributed by atoms with E-state index in [1.54, 1.807) is 31.4 Å². The third-order valence-electron chi connectivity index (χ3n) is 4.05. The number of amides is 1. The van der Waals surface area contributed by atoms with Gasteiger partial charge in [0.15, 0.2) is 0 Å². The van der Waals surface area contributed by atoms with Crippen molar-refractivity contribution in [3.05, 3.63) is 53.7 Å². The molecular weight excluding hydrogens is 290 g/mol. The van der Waals surface area contributed by atoms with Crippen molar-refractivity contribution in [2.45, 2.75) is 19.4 Å². The Labute approximate surface area is 136 Å². The Morgan fingerprint density at radius 3 is 2.65 bits per heavy atom. The summed E-state index contributed by atoms with van der Waals surface area (Å²) in [6.07, 6.45) is 4.25. The van der Waals surface area contributed by atoms with Gasteiger partial charge in [-0.25, -0.2) is 4.98 Å². The van der Waals surface area contributed by atoms with Gasteiger partial charge < -0.3 is 15.0 Å². The van der Waals surface area contributed by atoms with Crippen molar-refractivity contribution in [2.24, 2.45) is 0 Å². The first-order valence-electron chi connectivity index (χ1n) is 7.88. The summed E-state index contributed by atoms with van der Waals surface area (Å²) in [5, 5.41) is 2.94. The first-order chi connectivity index (χ1) is 11.3. The zero-order chi connectivity index (χ0) is 16.1. The molecule has 5 heteroatoms. The number of nitrogens with zero attached hydrogens (tertiary/aromatic N) is 2. The van der Waals surface area contributed by atoms with Crippen LogP contribution >= 0.6 is 0 Å². The molecule has 1 aromatic heterocycles. The third-order valence-corrected chi connectivity index (χ3v) is 4.05. The number of benzene rings is 1. The number of methoxy groups -OCH3 is 1. The van der Waals surface area contributed by atoms with Crippen LogP contribution in [0.15, 0.2) is 42.6 Å². The van der Waals surface area contributed by atoms with Crippen LogP contribution in [0.1, 0.15) is 28.8 Å². The van der Waals surface area contributed by atoms with E-state index in [0.29, 0.717) is 12.1 Å². The Morgan fingerprint density at radius 2 is 1.96 bits per heavy atom. The Bertz CT molecular complexity index is 664. The second kappa shape index (κ2) is 7.13. The summed E-state index contributed by atoms with van der Waals surface area (Å²) in [5.41, 5.74) is 1.68. The lowest BCUT2D eigenvalue weighted by atomic mass is 10.2. The van der Waals surface area contributed by atoms with Crippen LogP contribution in [0.25, 0.3) is 0 Å². The third kappa shape index (κ3) is 3.80. The van der Waals surface area contributed by atoms with Crippen LogP contribution in [-0.4, -0.2) is 31.1 Å². The Balaban J connectivity index is 1.60. The lowest BCUT2D eigenvalue weighted by molar-refractivity contribution is 0.0951. The molecule has 120 valence electrons. The van der Waals surface area contributed by atoms with Crippen LogP contribution in [0, 0.1) is 0 Å². The van der Waals surface area contributed by atoms with Crippen molar-refractivity contribution in [1.82, 2.24) is 10.3 Å². The molecule has 1 amide bonds. The minimum Gasteiger partial charge on any atom is -0.497 e. The lowest BCUT2D eigenvalue weighted by Gasteiger charge is -2.17. The lowest BCUT2D eigenvalue weighted by Crippen LogP contribution is -2.23. The van der Waals surface area contributed by atoms with Crippen molar-refractivity contribution in [3.8, 4) is 5.75 Å². The second-order valence-corrected chi connectivity index (χ2v) is 5.63. The maximum atomic E-state index is 12.2. The molecule has 1 aromatic carbocycles. The van der Waals surface area contributed by atoms with Crippen molar-refractivity contribution >= 4 is 11.7 Å². The molecule has 0 unspecified atom stereocenters. The summed E-state index contributed by atoms with van der Waals surface area (Å²) < 4.78 is 5.10. The van der Waals surface area contributed by atoms with Gasteiger partial charge in [0.2, 0.25) is 0 Å². The highest BCUT2D eigenvalue weighted by Gasteiger charge is 2.13. The minimum atomic E-state index is -0.0906. The van der Waals surface area contributed by atoms with Gasteiger partial charge in [-0.2, -0.15) is 0 Å². The molecule has 0 aliphatic carbocycles. The molecule has 1 aliphatic heterocycles. The molecule has 0 radical (unpaired) electrons. The quantitative estimate of drug-likeness (QED) is 0.922. The van der Waals surface area contributed by atoms with Gasteiger partial charge in [0.1, 0.15) is 11.6 Å². The minimum absolute atomic E-state index is 0.0906. The fraction of sp³-hybridized carbons (Fsp3) is 0.333. The molecule has 23 heavy (non-hydrogen) atoms. The van der Waals surface area contributed by atoms with Gasteiger partial charge in [-0.05, 0) is 54.8 Å². The van der Waals surface area contributed by atoms with Crippen LogP contribution in [-0.2, 0) is 6.54 Å². The second-order valence-electron chi connectivity index (χ2n) is 5.63. The normalized spacial score (nSPS) is 13.9. The zero-order valence-electron chi connectivity index (χ0n) is 13.3. The smallest absolute Gasteiger partial charge is 0.251 e. The first kappa shape index (κ1) is 15.3. The van der Waals surface area contributed by atoms with Gasteiger partial charge in [-0.15, -0.1) is 0 Å². The Morgan fingerprint density at radius 1 is 1.22 bits per heavy atom. The number of carbonyl (C=O) groups excluding carboxylic acids is 1. The number of nitrogens with one attached hydrogen (secondary N) is 1. The van der Waals surface area contributed by atoms with E-state index in [1.807, 2.05) is 12.3 Å². The number of ether oxygens (including phenoxy) is 1. The van der Waals surface area contributed by atoms with Gasteiger partial charge in [-0.1, -0.05) is 0 Å². The van der Waals surface area contributed by atoms with Crippen LogP contribution < -0.4 is 15.0 Å². The van der Waals surface area contributed by atoms with Crippen molar-refractivity contribution in [2.75, 3.05) is 25.1 Å². The summed E-state index contributed by atoms with van der Waals surface area (Å²) in [4.78, 5) is 18.9. The summed E-state index contributed by atoms with van der Waals surface area (Å²) in [6.45, 7) is 2.62. The standard InChI is InChI=1S/C18H21N3O2/c1-23-16-6-4-15(5-7-16)18(22)20-13-14-8-9-19-17(12-14)21-10-2-3-11-21/h4-9,12H,2-3,10-11,13H2,1H3,(H,20,22). The number of aromatic nitrogens is 1. The summed E-state index contributed by atoms with van der Waals surface area (Å²) in [7, 11) is 1.61. The molecule has 0 spiro atoms. The van der Waals surface area contributed by atoms with E-state index in [-0.39, 0.29) is 5.91 Å². The fourth-order valence-electron chi connectivity index (χ4n) is 2.72. The number of carbonyl (C=O) groups is 1. The Hall–Kier alpha value is -2.56. The molecule has 3 rings (SSSR count). The van der Waals surface area contributed by atoms with E-state index >= 15 is 0 Å². The molecule has 5 nitrogen and oxygen atoms in total. The molecule has 1 saturated heterocycles.